The standard InChI is InChI=1S/C11H12BrNO2/c12-9-3-4-10-11(15-7-6-14-10)8(9)2-1-5-13/h1-4H,5-7,13H2/b2-1+. The molecule has 0 fully saturated rings. The van der Waals surface area contributed by atoms with Gasteiger partial charge in [0, 0.05) is 16.6 Å². The maximum Gasteiger partial charge on any atom is 0.169 e. The minimum atomic E-state index is 0.511. The van der Waals surface area contributed by atoms with Gasteiger partial charge in [0.15, 0.2) is 11.5 Å². The van der Waals surface area contributed by atoms with Gasteiger partial charge in [0.25, 0.3) is 0 Å². The van der Waals surface area contributed by atoms with E-state index in [1.807, 2.05) is 24.3 Å². The smallest absolute Gasteiger partial charge is 0.169 e. The zero-order valence-electron chi connectivity index (χ0n) is 8.20. The lowest BCUT2D eigenvalue weighted by Crippen LogP contribution is -2.16. The Kier molecular flexibility index (Phi) is 3.28. The number of fused-ring (bicyclic) bond motifs is 1. The van der Waals surface area contributed by atoms with Gasteiger partial charge in [-0.2, -0.15) is 0 Å². The van der Waals surface area contributed by atoms with Crippen molar-refractivity contribution < 1.29 is 9.47 Å². The first kappa shape index (κ1) is 10.5. The molecule has 3 nitrogen and oxygen atoms in total. The molecule has 0 aliphatic carbocycles. The van der Waals surface area contributed by atoms with Crippen molar-refractivity contribution in [1.82, 2.24) is 0 Å². The maximum atomic E-state index is 5.59. The Bertz CT molecular complexity index is 390. The van der Waals surface area contributed by atoms with Crippen molar-refractivity contribution >= 4 is 22.0 Å². The molecular formula is C11H12BrNO2. The van der Waals surface area contributed by atoms with Gasteiger partial charge in [0.1, 0.15) is 13.2 Å². The van der Waals surface area contributed by atoms with E-state index >= 15 is 0 Å². The number of hydrogen-bond donors (Lipinski definition) is 1. The number of rotatable bonds is 2. The minimum absolute atomic E-state index is 0.511. The van der Waals surface area contributed by atoms with Crippen LogP contribution in [0.3, 0.4) is 0 Å². The fourth-order valence-corrected chi connectivity index (χ4v) is 1.90. The third-order valence-corrected chi connectivity index (χ3v) is 2.81. The summed E-state index contributed by atoms with van der Waals surface area (Å²) in [5.41, 5.74) is 6.41. The van der Waals surface area contributed by atoms with Crippen molar-refractivity contribution in [1.29, 1.82) is 0 Å². The van der Waals surface area contributed by atoms with Crippen molar-refractivity contribution in [3.8, 4) is 11.5 Å². The normalized spacial score (nSPS) is 14.5. The van der Waals surface area contributed by atoms with Crippen LogP contribution >= 0.6 is 15.9 Å². The molecule has 1 aromatic carbocycles. The Balaban J connectivity index is 2.45. The van der Waals surface area contributed by atoms with Crippen LogP contribution in [0.5, 0.6) is 11.5 Å². The average molecular weight is 270 g/mol. The van der Waals surface area contributed by atoms with Gasteiger partial charge in [0.2, 0.25) is 0 Å². The molecule has 0 spiro atoms. The molecule has 2 N–H and O–H groups in total. The Hall–Kier alpha value is -1.00. The van der Waals surface area contributed by atoms with E-state index in [4.69, 9.17) is 15.2 Å². The summed E-state index contributed by atoms with van der Waals surface area (Å²) in [6.07, 6.45) is 3.83. The molecule has 2 rings (SSSR count). The number of benzene rings is 1. The summed E-state index contributed by atoms with van der Waals surface area (Å²) in [6.45, 7) is 1.71. The zero-order chi connectivity index (χ0) is 10.7. The van der Waals surface area contributed by atoms with Gasteiger partial charge in [-0.15, -0.1) is 0 Å². The lowest BCUT2D eigenvalue weighted by molar-refractivity contribution is 0.171. The lowest BCUT2D eigenvalue weighted by Gasteiger charge is -2.20. The van der Waals surface area contributed by atoms with Crippen molar-refractivity contribution in [3.63, 3.8) is 0 Å². The summed E-state index contributed by atoms with van der Waals surface area (Å²) in [6, 6.07) is 3.85. The van der Waals surface area contributed by atoms with Crippen molar-refractivity contribution in [2.24, 2.45) is 5.73 Å². The monoisotopic (exact) mass is 269 g/mol. The van der Waals surface area contributed by atoms with Crippen molar-refractivity contribution in [2.45, 2.75) is 0 Å². The first-order valence-electron chi connectivity index (χ1n) is 4.77. The molecule has 1 aliphatic heterocycles. The quantitative estimate of drug-likeness (QED) is 0.895. The van der Waals surface area contributed by atoms with Crippen LogP contribution in [0.4, 0.5) is 0 Å². The molecule has 0 saturated heterocycles. The molecular weight excluding hydrogens is 258 g/mol. The van der Waals surface area contributed by atoms with Crippen LogP contribution in [-0.2, 0) is 0 Å². The summed E-state index contributed by atoms with van der Waals surface area (Å²) in [5, 5.41) is 0. The Labute approximate surface area is 97.0 Å². The topological polar surface area (TPSA) is 44.5 Å². The van der Waals surface area contributed by atoms with E-state index in [0.717, 1.165) is 21.5 Å². The maximum absolute atomic E-state index is 5.59. The minimum Gasteiger partial charge on any atom is -0.486 e. The summed E-state index contributed by atoms with van der Waals surface area (Å²) < 4.78 is 12.1. The zero-order valence-corrected chi connectivity index (χ0v) is 9.79. The molecule has 0 aromatic heterocycles. The Morgan fingerprint density at radius 1 is 1.33 bits per heavy atom. The largest absolute Gasteiger partial charge is 0.486 e. The Morgan fingerprint density at radius 2 is 2.13 bits per heavy atom. The van der Waals surface area contributed by atoms with Gasteiger partial charge >= 0.3 is 0 Å². The molecule has 0 saturated carbocycles. The summed E-state index contributed by atoms with van der Waals surface area (Å²) >= 11 is 3.48. The number of nitrogens with two attached hydrogens (primary N) is 1. The van der Waals surface area contributed by atoms with Crippen molar-refractivity contribution in [3.05, 3.63) is 28.2 Å². The van der Waals surface area contributed by atoms with Gasteiger partial charge in [-0.3, -0.25) is 0 Å². The number of hydrogen-bond acceptors (Lipinski definition) is 3. The first-order chi connectivity index (χ1) is 7.33. The third-order valence-electron chi connectivity index (χ3n) is 2.11. The number of halogens is 1. The molecule has 0 unspecified atom stereocenters. The number of ether oxygens (including phenoxy) is 2. The molecule has 4 heteroatoms. The van der Waals surface area contributed by atoms with E-state index in [2.05, 4.69) is 15.9 Å². The van der Waals surface area contributed by atoms with Crippen molar-refractivity contribution in [2.75, 3.05) is 19.8 Å². The predicted octanol–water partition coefficient (Wildman–Crippen LogP) is 2.19. The van der Waals surface area contributed by atoms with E-state index in [1.165, 1.54) is 0 Å². The molecule has 1 aromatic rings. The third kappa shape index (κ3) is 2.16. The molecule has 0 amide bonds. The van der Waals surface area contributed by atoms with E-state index < -0.39 is 0 Å². The highest BCUT2D eigenvalue weighted by Gasteiger charge is 2.16. The van der Waals surface area contributed by atoms with E-state index in [0.29, 0.717) is 19.8 Å². The van der Waals surface area contributed by atoms with E-state index in [9.17, 15) is 0 Å². The molecule has 15 heavy (non-hydrogen) atoms. The average Bonchev–Trinajstić information content (AvgIpc) is 2.28. The molecule has 0 atom stereocenters. The predicted molar refractivity (Wildman–Crippen MR) is 63.2 cm³/mol. The molecule has 80 valence electrons. The van der Waals surface area contributed by atoms with Gasteiger partial charge in [-0.25, -0.2) is 0 Å². The van der Waals surface area contributed by atoms with E-state index in [1.54, 1.807) is 0 Å². The van der Waals surface area contributed by atoms with Crippen LogP contribution in [0.1, 0.15) is 5.56 Å². The second kappa shape index (κ2) is 4.68. The molecule has 0 radical (unpaired) electrons. The van der Waals surface area contributed by atoms with Crippen LogP contribution in [0, 0.1) is 0 Å². The molecule has 1 heterocycles. The fourth-order valence-electron chi connectivity index (χ4n) is 1.45. The highest BCUT2D eigenvalue weighted by Crippen LogP contribution is 2.38. The fraction of sp³-hybridized carbons (Fsp3) is 0.273. The van der Waals surface area contributed by atoms with Crippen LogP contribution in [0.2, 0.25) is 0 Å². The van der Waals surface area contributed by atoms with Gasteiger partial charge in [-0.1, -0.05) is 28.1 Å². The SMILES string of the molecule is NC/C=C/c1c(Br)ccc2c1OCCO2. The summed E-state index contributed by atoms with van der Waals surface area (Å²) in [4.78, 5) is 0. The summed E-state index contributed by atoms with van der Waals surface area (Å²) in [5.74, 6) is 1.58. The first-order valence-corrected chi connectivity index (χ1v) is 5.57. The molecule has 0 bridgehead atoms. The summed E-state index contributed by atoms with van der Waals surface area (Å²) in [7, 11) is 0. The van der Waals surface area contributed by atoms with Gasteiger partial charge in [-0.05, 0) is 12.1 Å². The van der Waals surface area contributed by atoms with Gasteiger partial charge < -0.3 is 15.2 Å². The van der Waals surface area contributed by atoms with Gasteiger partial charge in [0.05, 0.1) is 0 Å². The Morgan fingerprint density at radius 3 is 2.93 bits per heavy atom. The highest BCUT2D eigenvalue weighted by molar-refractivity contribution is 9.10. The second-order valence-electron chi connectivity index (χ2n) is 3.12. The van der Waals surface area contributed by atoms with Crippen LogP contribution in [0.15, 0.2) is 22.7 Å². The van der Waals surface area contributed by atoms with Crippen LogP contribution < -0.4 is 15.2 Å². The van der Waals surface area contributed by atoms with Crippen LogP contribution in [0.25, 0.3) is 6.08 Å². The van der Waals surface area contributed by atoms with Crippen LogP contribution in [-0.4, -0.2) is 19.8 Å². The lowest BCUT2D eigenvalue weighted by atomic mass is 10.1. The second-order valence-corrected chi connectivity index (χ2v) is 3.98. The van der Waals surface area contributed by atoms with E-state index in [-0.39, 0.29) is 0 Å². The highest BCUT2D eigenvalue weighted by atomic mass is 79.9. The molecule has 1 aliphatic rings.